The molecule has 3 N–H and O–H groups in total. The summed E-state index contributed by atoms with van der Waals surface area (Å²) in [5.74, 6) is -0.135. The molecule has 4 rings (SSSR count). The lowest BCUT2D eigenvalue weighted by Crippen LogP contribution is -2.35. The molecule has 1 amide bonds. The zero-order chi connectivity index (χ0) is 21.5. The van der Waals surface area contributed by atoms with Crippen molar-refractivity contribution in [1.82, 2.24) is 19.7 Å². The van der Waals surface area contributed by atoms with Crippen LogP contribution in [0.1, 0.15) is 23.2 Å². The molecule has 1 saturated carbocycles. The molecule has 0 aliphatic heterocycles. The number of aromatic nitrogens is 3. The molecular weight excluding hydrogens is 423 g/mol. The van der Waals surface area contributed by atoms with Crippen LogP contribution in [0.3, 0.4) is 0 Å². The van der Waals surface area contributed by atoms with E-state index in [9.17, 15) is 23.1 Å². The third-order valence-corrected chi connectivity index (χ3v) is 5.00. The van der Waals surface area contributed by atoms with Crippen LogP contribution in [-0.2, 0) is 0 Å². The maximum absolute atomic E-state index is 12.5. The number of nitrogens with one attached hydrogen (secondary N) is 2. The number of carbonyl (C=O) groups is 1. The summed E-state index contributed by atoms with van der Waals surface area (Å²) in [4.78, 5) is 20.5. The van der Waals surface area contributed by atoms with E-state index in [1.54, 1.807) is 28.8 Å². The Bertz CT molecular complexity index is 1100. The van der Waals surface area contributed by atoms with Crippen molar-refractivity contribution in [2.45, 2.75) is 31.2 Å². The van der Waals surface area contributed by atoms with E-state index < -0.39 is 18.8 Å². The van der Waals surface area contributed by atoms with Crippen LogP contribution in [-0.4, -0.2) is 50.2 Å². The van der Waals surface area contributed by atoms with Gasteiger partial charge in [0.15, 0.2) is 17.6 Å². The van der Waals surface area contributed by atoms with Gasteiger partial charge in [-0.3, -0.25) is 9.20 Å². The minimum absolute atomic E-state index is 0.0959. The van der Waals surface area contributed by atoms with Crippen LogP contribution in [0.4, 0.5) is 19.0 Å². The highest BCUT2D eigenvalue weighted by molar-refractivity contribution is 6.34. The average molecular weight is 440 g/mol. The normalized spacial score (nSPS) is 15.2. The second kappa shape index (κ2) is 7.77. The number of carbonyl (C=O) groups excluding carboxylic acids is 1. The molecule has 0 saturated heterocycles. The zero-order valence-electron chi connectivity index (χ0n) is 15.4. The first-order chi connectivity index (χ1) is 14.2. The second-order valence-corrected chi connectivity index (χ2v) is 7.40. The number of hydrogen-bond acceptors (Lipinski definition) is 5. The number of fused-ring (bicyclic) bond motifs is 1. The predicted molar refractivity (Wildman–Crippen MR) is 104 cm³/mol. The third-order valence-electron chi connectivity index (χ3n) is 4.69. The Morgan fingerprint density at radius 3 is 2.77 bits per heavy atom. The highest BCUT2D eigenvalue weighted by Gasteiger charge is 2.38. The second-order valence-electron chi connectivity index (χ2n) is 6.99. The standard InChI is InChI=1S/C19H17ClF3N5O2/c20-13-7-10(1-4-12(13)18(30)27-11-2-3-11)14-8-26-17-16(24-5-6-28(14)17)25-9-15(29)19(21,22)23/h1,4-8,11,15,29H,2-3,9H2,(H,24,25)(H,27,30). The first-order valence-electron chi connectivity index (χ1n) is 9.15. The van der Waals surface area contributed by atoms with Crippen molar-refractivity contribution < 1.29 is 23.1 Å². The largest absolute Gasteiger partial charge is 0.416 e. The molecule has 158 valence electrons. The molecule has 1 aliphatic rings. The van der Waals surface area contributed by atoms with E-state index in [2.05, 4.69) is 20.6 Å². The first-order valence-corrected chi connectivity index (χ1v) is 9.53. The number of nitrogens with zero attached hydrogens (tertiary/aromatic N) is 3. The number of rotatable bonds is 6. The molecule has 11 heteroatoms. The van der Waals surface area contributed by atoms with Crippen molar-refractivity contribution in [2.75, 3.05) is 11.9 Å². The number of alkyl halides is 3. The Balaban J connectivity index is 1.59. The minimum atomic E-state index is -4.73. The summed E-state index contributed by atoms with van der Waals surface area (Å²) >= 11 is 6.31. The van der Waals surface area contributed by atoms with Crippen molar-refractivity contribution in [2.24, 2.45) is 0 Å². The van der Waals surface area contributed by atoms with Gasteiger partial charge in [-0.05, 0) is 25.0 Å². The van der Waals surface area contributed by atoms with Crippen LogP contribution in [0.2, 0.25) is 5.02 Å². The number of anilines is 1. The molecule has 1 aliphatic carbocycles. The van der Waals surface area contributed by atoms with Crippen molar-refractivity contribution in [3.05, 3.63) is 47.4 Å². The molecule has 2 aromatic heterocycles. The molecule has 3 aromatic rings. The van der Waals surface area contributed by atoms with Gasteiger partial charge in [0.05, 0.1) is 29.0 Å². The number of hydrogen-bond donors (Lipinski definition) is 3. The van der Waals surface area contributed by atoms with Gasteiger partial charge in [-0.15, -0.1) is 0 Å². The van der Waals surface area contributed by atoms with Gasteiger partial charge in [0.1, 0.15) is 0 Å². The van der Waals surface area contributed by atoms with Crippen molar-refractivity contribution in [3.8, 4) is 11.3 Å². The lowest BCUT2D eigenvalue weighted by atomic mass is 10.1. The van der Waals surface area contributed by atoms with Crippen LogP contribution in [0.5, 0.6) is 0 Å². The van der Waals surface area contributed by atoms with Gasteiger partial charge >= 0.3 is 6.18 Å². The summed E-state index contributed by atoms with van der Waals surface area (Å²) in [7, 11) is 0. The smallest absolute Gasteiger partial charge is 0.382 e. The summed E-state index contributed by atoms with van der Waals surface area (Å²) in [6.07, 6.45) is -0.797. The van der Waals surface area contributed by atoms with Crippen molar-refractivity contribution in [3.63, 3.8) is 0 Å². The molecule has 30 heavy (non-hydrogen) atoms. The lowest BCUT2D eigenvalue weighted by Gasteiger charge is -2.15. The summed E-state index contributed by atoms with van der Waals surface area (Å²) in [6, 6.07) is 5.18. The van der Waals surface area contributed by atoms with Gasteiger partial charge in [-0.1, -0.05) is 17.7 Å². The quantitative estimate of drug-likeness (QED) is 0.548. The first kappa shape index (κ1) is 20.4. The number of imidazole rings is 1. The van der Waals surface area contributed by atoms with E-state index >= 15 is 0 Å². The molecule has 1 aromatic carbocycles. The van der Waals surface area contributed by atoms with Crippen molar-refractivity contribution >= 4 is 29.0 Å². The molecule has 0 bridgehead atoms. The Kier molecular flexibility index (Phi) is 5.29. The number of benzene rings is 1. The molecular formula is C19H17ClF3N5O2. The van der Waals surface area contributed by atoms with E-state index in [4.69, 9.17) is 11.6 Å². The maximum atomic E-state index is 12.5. The molecule has 0 spiro atoms. The number of halogens is 4. The van der Waals surface area contributed by atoms with Gasteiger partial charge in [-0.25, -0.2) is 9.97 Å². The molecule has 1 fully saturated rings. The van der Waals surface area contributed by atoms with E-state index in [1.165, 1.54) is 12.4 Å². The summed E-state index contributed by atoms with van der Waals surface area (Å²) in [5, 5.41) is 14.8. The van der Waals surface area contributed by atoms with Crippen molar-refractivity contribution in [1.29, 1.82) is 0 Å². The monoisotopic (exact) mass is 439 g/mol. The van der Waals surface area contributed by atoms with Gasteiger partial charge in [-0.2, -0.15) is 13.2 Å². The predicted octanol–water partition coefficient (Wildman–Crippen LogP) is 3.28. The van der Waals surface area contributed by atoms with Gasteiger partial charge in [0.25, 0.3) is 5.91 Å². The van der Waals surface area contributed by atoms with Gasteiger partial charge in [0.2, 0.25) is 0 Å². The van der Waals surface area contributed by atoms with Crippen LogP contribution in [0, 0.1) is 0 Å². The fourth-order valence-electron chi connectivity index (χ4n) is 2.92. The number of amides is 1. The number of aliphatic hydroxyl groups excluding tert-OH is 1. The zero-order valence-corrected chi connectivity index (χ0v) is 16.2. The molecule has 1 unspecified atom stereocenters. The van der Waals surface area contributed by atoms with E-state index in [0.717, 1.165) is 12.8 Å². The van der Waals surface area contributed by atoms with Crippen LogP contribution < -0.4 is 10.6 Å². The van der Waals surface area contributed by atoms with E-state index in [0.29, 0.717) is 16.8 Å². The molecule has 1 atom stereocenters. The van der Waals surface area contributed by atoms with Gasteiger partial charge < -0.3 is 15.7 Å². The maximum Gasteiger partial charge on any atom is 0.416 e. The highest BCUT2D eigenvalue weighted by atomic mass is 35.5. The summed E-state index contributed by atoms with van der Waals surface area (Å²) < 4.78 is 39.2. The van der Waals surface area contributed by atoms with Crippen LogP contribution in [0.15, 0.2) is 36.8 Å². The highest BCUT2D eigenvalue weighted by Crippen LogP contribution is 2.29. The SMILES string of the molecule is O=C(NC1CC1)c1ccc(-c2cnc3c(NCC(O)C(F)(F)F)nccn23)cc1Cl. The van der Waals surface area contributed by atoms with Gasteiger partial charge in [0, 0.05) is 24.0 Å². The minimum Gasteiger partial charge on any atom is -0.382 e. The fraction of sp³-hybridized carbons (Fsp3) is 0.316. The fourth-order valence-corrected chi connectivity index (χ4v) is 3.18. The lowest BCUT2D eigenvalue weighted by molar-refractivity contribution is -0.198. The Morgan fingerprint density at radius 2 is 2.10 bits per heavy atom. The molecule has 7 nitrogen and oxygen atoms in total. The summed E-state index contributed by atoms with van der Waals surface area (Å²) in [5.41, 5.74) is 1.94. The van der Waals surface area contributed by atoms with E-state index in [1.807, 2.05) is 0 Å². The Morgan fingerprint density at radius 1 is 1.33 bits per heavy atom. The Hall–Kier alpha value is -2.85. The summed E-state index contributed by atoms with van der Waals surface area (Å²) in [6.45, 7) is -0.755. The van der Waals surface area contributed by atoms with Crippen LogP contribution >= 0.6 is 11.6 Å². The Labute approximate surface area is 173 Å². The van der Waals surface area contributed by atoms with E-state index in [-0.39, 0.29) is 28.4 Å². The van der Waals surface area contributed by atoms with Crippen LogP contribution in [0.25, 0.3) is 16.9 Å². The topological polar surface area (TPSA) is 91.5 Å². The number of aliphatic hydroxyl groups is 1. The molecule has 2 heterocycles. The molecule has 0 radical (unpaired) electrons. The third kappa shape index (κ3) is 4.19. The average Bonchev–Trinajstić information content (AvgIpc) is 3.39.